The predicted molar refractivity (Wildman–Crippen MR) is 109 cm³/mol. The van der Waals surface area contributed by atoms with E-state index in [0.29, 0.717) is 6.42 Å². The van der Waals surface area contributed by atoms with Crippen LogP contribution < -0.4 is 33.2 Å². The smallest absolute Gasteiger partial charge is 0.326 e. The number of amides is 3. The first-order chi connectivity index (χ1) is 14.0. The molecule has 0 saturated heterocycles. The molecule has 0 aliphatic carbocycles. The minimum Gasteiger partial charge on any atom is -0.480 e. The molecule has 11 N–H and O–H groups in total. The molecule has 172 valence electrons. The molecule has 0 spiro atoms. The zero-order valence-corrected chi connectivity index (χ0v) is 17.3. The Balaban J connectivity index is 4.62. The van der Waals surface area contributed by atoms with Crippen LogP contribution in [0.25, 0.3) is 0 Å². The molecule has 0 heterocycles. The molecule has 0 aliphatic rings. The largest absolute Gasteiger partial charge is 0.480 e. The molecule has 13 nitrogen and oxygen atoms in total. The van der Waals surface area contributed by atoms with Crippen molar-refractivity contribution in [2.45, 2.75) is 51.2 Å². The number of hydrogen-bond acceptors (Lipinski definition) is 7. The first-order valence-corrected chi connectivity index (χ1v) is 9.50. The Morgan fingerprint density at radius 1 is 1.03 bits per heavy atom. The SMILES string of the molecule is CC(C)CC(N)C(=O)NCC(=O)NC(CO)C(=O)NC(CCCN=C(N)N)C(=O)O. The van der Waals surface area contributed by atoms with E-state index in [1.54, 1.807) is 0 Å². The number of carbonyl (C=O) groups excluding carboxylic acids is 3. The summed E-state index contributed by atoms with van der Waals surface area (Å²) in [6, 6.07) is -3.42. The number of nitrogens with zero attached hydrogens (tertiary/aromatic N) is 1. The number of nitrogens with two attached hydrogens (primary N) is 3. The summed E-state index contributed by atoms with van der Waals surface area (Å²) in [5, 5.41) is 25.4. The van der Waals surface area contributed by atoms with Gasteiger partial charge in [-0.05, 0) is 25.2 Å². The highest BCUT2D eigenvalue weighted by Crippen LogP contribution is 2.02. The maximum absolute atomic E-state index is 12.2. The molecular weight excluding hydrogens is 398 g/mol. The predicted octanol–water partition coefficient (Wildman–Crippen LogP) is -3.42. The lowest BCUT2D eigenvalue weighted by atomic mass is 10.0. The maximum atomic E-state index is 12.2. The molecule has 0 rings (SSSR count). The summed E-state index contributed by atoms with van der Waals surface area (Å²) >= 11 is 0. The van der Waals surface area contributed by atoms with Crippen LogP contribution in [0.1, 0.15) is 33.1 Å². The number of carboxylic acids is 1. The van der Waals surface area contributed by atoms with Crippen LogP contribution in [-0.4, -0.2) is 77.7 Å². The third-order valence-electron chi connectivity index (χ3n) is 3.88. The van der Waals surface area contributed by atoms with E-state index in [2.05, 4.69) is 20.9 Å². The minimum absolute atomic E-state index is 0.0355. The van der Waals surface area contributed by atoms with Gasteiger partial charge in [0.1, 0.15) is 12.1 Å². The summed E-state index contributed by atoms with van der Waals surface area (Å²) in [4.78, 5) is 51.0. The third kappa shape index (κ3) is 11.8. The molecule has 0 fully saturated rings. The van der Waals surface area contributed by atoms with E-state index in [-0.39, 0.29) is 31.3 Å². The Morgan fingerprint density at radius 3 is 2.17 bits per heavy atom. The van der Waals surface area contributed by atoms with Gasteiger partial charge in [-0.15, -0.1) is 0 Å². The molecule has 0 aromatic carbocycles. The second kappa shape index (κ2) is 14.1. The summed E-state index contributed by atoms with van der Waals surface area (Å²) in [7, 11) is 0. The molecule has 0 radical (unpaired) electrons. The summed E-state index contributed by atoms with van der Waals surface area (Å²) < 4.78 is 0. The van der Waals surface area contributed by atoms with Crippen molar-refractivity contribution < 1.29 is 29.4 Å². The van der Waals surface area contributed by atoms with Gasteiger partial charge in [0, 0.05) is 6.54 Å². The Bertz CT molecular complexity index is 622. The molecule has 13 heteroatoms. The van der Waals surface area contributed by atoms with Crippen molar-refractivity contribution in [2.24, 2.45) is 28.1 Å². The number of nitrogens with one attached hydrogen (secondary N) is 3. The fourth-order valence-corrected chi connectivity index (χ4v) is 2.39. The monoisotopic (exact) mass is 431 g/mol. The molecule has 3 amide bonds. The average Bonchev–Trinajstić information content (AvgIpc) is 2.65. The van der Waals surface area contributed by atoms with Gasteiger partial charge in [0.05, 0.1) is 19.2 Å². The number of carboxylic acid groups (broad SMARTS) is 1. The lowest BCUT2D eigenvalue weighted by molar-refractivity contribution is -0.142. The van der Waals surface area contributed by atoms with Crippen molar-refractivity contribution in [2.75, 3.05) is 19.7 Å². The molecule has 0 saturated carbocycles. The number of rotatable bonds is 14. The Morgan fingerprint density at radius 2 is 1.67 bits per heavy atom. The number of carbonyl (C=O) groups is 4. The van der Waals surface area contributed by atoms with Gasteiger partial charge in [-0.3, -0.25) is 19.4 Å². The van der Waals surface area contributed by atoms with Crippen LogP contribution in [0.2, 0.25) is 0 Å². The van der Waals surface area contributed by atoms with E-state index >= 15 is 0 Å². The van der Waals surface area contributed by atoms with E-state index in [4.69, 9.17) is 17.2 Å². The zero-order chi connectivity index (χ0) is 23.3. The normalized spacial score (nSPS) is 13.6. The first-order valence-electron chi connectivity index (χ1n) is 9.50. The molecule has 0 bridgehead atoms. The topological polar surface area (TPSA) is 235 Å². The summed E-state index contributed by atoms with van der Waals surface area (Å²) in [6.45, 7) is 2.76. The fourth-order valence-electron chi connectivity index (χ4n) is 2.39. The van der Waals surface area contributed by atoms with E-state index in [9.17, 15) is 29.4 Å². The lowest BCUT2D eigenvalue weighted by Crippen LogP contribution is -2.55. The average molecular weight is 431 g/mol. The van der Waals surface area contributed by atoms with Crippen LogP contribution in [0, 0.1) is 5.92 Å². The van der Waals surface area contributed by atoms with Crippen LogP contribution in [0.4, 0.5) is 0 Å². The maximum Gasteiger partial charge on any atom is 0.326 e. The number of aliphatic imine (C=N–C) groups is 1. The van der Waals surface area contributed by atoms with Gasteiger partial charge in [0.15, 0.2) is 5.96 Å². The van der Waals surface area contributed by atoms with Gasteiger partial charge in [-0.1, -0.05) is 13.8 Å². The van der Waals surface area contributed by atoms with Crippen molar-refractivity contribution >= 4 is 29.7 Å². The van der Waals surface area contributed by atoms with Gasteiger partial charge in [0.2, 0.25) is 17.7 Å². The van der Waals surface area contributed by atoms with Crippen LogP contribution in [0.15, 0.2) is 4.99 Å². The number of hydrogen-bond donors (Lipinski definition) is 8. The molecule has 0 aliphatic heterocycles. The van der Waals surface area contributed by atoms with Crippen molar-refractivity contribution in [3.63, 3.8) is 0 Å². The fraction of sp³-hybridized carbons (Fsp3) is 0.706. The van der Waals surface area contributed by atoms with Gasteiger partial charge in [0.25, 0.3) is 0 Å². The van der Waals surface area contributed by atoms with Crippen molar-refractivity contribution in [3.05, 3.63) is 0 Å². The lowest BCUT2D eigenvalue weighted by Gasteiger charge is -2.20. The molecule has 0 aromatic heterocycles. The van der Waals surface area contributed by atoms with Crippen LogP contribution >= 0.6 is 0 Å². The Kier molecular flexibility index (Phi) is 12.7. The summed E-state index contributed by atoms with van der Waals surface area (Å²) in [5.41, 5.74) is 16.1. The highest BCUT2D eigenvalue weighted by molar-refractivity contribution is 5.92. The second-order valence-electron chi connectivity index (χ2n) is 7.10. The molecular formula is C17H33N7O6. The van der Waals surface area contributed by atoms with Crippen molar-refractivity contribution in [3.8, 4) is 0 Å². The van der Waals surface area contributed by atoms with Crippen LogP contribution in [0.5, 0.6) is 0 Å². The van der Waals surface area contributed by atoms with Gasteiger partial charge < -0.3 is 43.4 Å². The van der Waals surface area contributed by atoms with E-state index < -0.39 is 55.0 Å². The first kappa shape index (κ1) is 27.1. The zero-order valence-electron chi connectivity index (χ0n) is 17.3. The van der Waals surface area contributed by atoms with Crippen LogP contribution in [0.3, 0.4) is 0 Å². The second-order valence-corrected chi connectivity index (χ2v) is 7.10. The van der Waals surface area contributed by atoms with Crippen molar-refractivity contribution in [1.82, 2.24) is 16.0 Å². The number of aliphatic hydroxyl groups excluding tert-OH is 1. The minimum atomic E-state index is -1.39. The van der Waals surface area contributed by atoms with Gasteiger partial charge >= 0.3 is 5.97 Å². The molecule has 0 aromatic rings. The third-order valence-corrected chi connectivity index (χ3v) is 3.88. The highest BCUT2D eigenvalue weighted by atomic mass is 16.4. The Labute approximate surface area is 174 Å². The summed E-state index contributed by atoms with van der Waals surface area (Å²) in [6.07, 6.45) is 0.761. The van der Waals surface area contributed by atoms with Crippen molar-refractivity contribution in [1.29, 1.82) is 0 Å². The number of guanidine groups is 1. The Hall–Kier alpha value is -2.93. The number of aliphatic hydroxyl groups is 1. The summed E-state index contributed by atoms with van der Waals surface area (Å²) in [5.74, 6) is -3.37. The van der Waals surface area contributed by atoms with Crippen LogP contribution in [-0.2, 0) is 19.2 Å². The highest BCUT2D eigenvalue weighted by Gasteiger charge is 2.26. The van der Waals surface area contributed by atoms with Gasteiger partial charge in [-0.25, -0.2) is 4.79 Å². The van der Waals surface area contributed by atoms with E-state index in [1.165, 1.54) is 0 Å². The molecule has 30 heavy (non-hydrogen) atoms. The van der Waals surface area contributed by atoms with E-state index in [0.717, 1.165) is 0 Å². The van der Waals surface area contributed by atoms with Gasteiger partial charge in [-0.2, -0.15) is 0 Å². The molecule has 3 unspecified atom stereocenters. The quantitative estimate of drug-likeness (QED) is 0.0775. The molecule has 3 atom stereocenters. The van der Waals surface area contributed by atoms with E-state index in [1.807, 2.05) is 13.8 Å². The standard InChI is InChI=1S/C17H33N7O6/c1-9(2)6-10(18)14(27)22-7-13(26)23-12(8-25)15(28)24-11(16(29)30)4-3-5-21-17(19)20/h9-12,25H,3-8,18H2,1-2H3,(H,22,27)(H,23,26)(H,24,28)(H,29,30)(H4,19,20,21). The number of aliphatic carboxylic acids is 1.